The van der Waals surface area contributed by atoms with Crippen LogP contribution in [0, 0.1) is 12.7 Å². The number of hydrogen-bond acceptors (Lipinski definition) is 5. The molecule has 0 aliphatic rings. The molecule has 9 nitrogen and oxygen atoms in total. The normalized spacial score (nSPS) is 10.4. The number of ether oxygens (including phenoxy) is 1. The van der Waals surface area contributed by atoms with Gasteiger partial charge in [-0.15, -0.1) is 0 Å². The number of nitrogen functional groups attached to an aromatic ring is 1. The number of carbonyl (C=O) groups excluding carboxylic acids is 2. The number of urea groups is 1. The number of amides is 3. The summed E-state index contributed by atoms with van der Waals surface area (Å²) in [6.45, 7) is 1.81. The minimum Gasteiger partial charge on any atom is -0.457 e. The number of nitrogens with zero attached hydrogens (tertiary/aromatic N) is 1. The van der Waals surface area contributed by atoms with Crippen LogP contribution in [0.15, 0.2) is 73.1 Å². The fraction of sp³-hybridized carbons (Fsp3) is 0.0417. The molecular formula is C24H21FN6O3. The van der Waals surface area contributed by atoms with Crippen LogP contribution in [0.5, 0.6) is 11.5 Å². The first-order valence-electron chi connectivity index (χ1n) is 10.2. The number of nitrogens with one attached hydrogen (secondary N) is 4. The highest BCUT2D eigenvalue weighted by Crippen LogP contribution is 2.26. The van der Waals surface area contributed by atoms with Gasteiger partial charge in [-0.1, -0.05) is 6.07 Å². The third kappa shape index (κ3) is 5.37. The number of nitrogens with two attached hydrogens (primary N) is 1. The second-order valence-electron chi connectivity index (χ2n) is 7.34. The molecule has 2 heterocycles. The number of hydrogen-bond donors (Lipinski definition) is 5. The molecule has 4 rings (SSSR count). The first kappa shape index (κ1) is 22.5. The number of carbonyl (C=O) groups is 2. The predicted octanol–water partition coefficient (Wildman–Crippen LogP) is 4.56. The van der Waals surface area contributed by atoms with E-state index >= 15 is 0 Å². The average molecular weight is 460 g/mol. The van der Waals surface area contributed by atoms with Crippen LogP contribution >= 0.6 is 0 Å². The van der Waals surface area contributed by atoms with Gasteiger partial charge in [-0.25, -0.2) is 15.0 Å². The summed E-state index contributed by atoms with van der Waals surface area (Å²) in [7, 11) is 0. The number of aryl methyl sites for hydroxylation is 1. The molecule has 0 spiro atoms. The number of halogens is 1. The lowest BCUT2D eigenvalue weighted by Crippen LogP contribution is -2.29. The van der Waals surface area contributed by atoms with Crippen molar-refractivity contribution in [1.29, 1.82) is 0 Å². The molecule has 6 N–H and O–H groups in total. The van der Waals surface area contributed by atoms with E-state index < -0.39 is 17.8 Å². The Morgan fingerprint density at radius 1 is 1.00 bits per heavy atom. The Morgan fingerprint density at radius 2 is 1.79 bits per heavy atom. The number of benzene rings is 2. The van der Waals surface area contributed by atoms with Gasteiger partial charge >= 0.3 is 6.03 Å². The van der Waals surface area contributed by atoms with Crippen molar-refractivity contribution in [2.45, 2.75) is 6.92 Å². The van der Waals surface area contributed by atoms with Crippen molar-refractivity contribution in [3.05, 3.63) is 90.0 Å². The molecule has 172 valence electrons. The molecule has 0 saturated heterocycles. The van der Waals surface area contributed by atoms with Crippen molar-refractivity contribution in [1.82, 2.24) is 15.4 Å². The molecule has 0 bridgehead atoms. The first-order valence-corrected chi connectivity index (χ1v) is 10.2. The van der Waals surface area contributed by atoms with Crippen LogP contribution in [-0.2, 0) is 0 Å². The van der Waals surface area contributed by atoms with E-state index in [1.807, 2.05) is 6.92 Å². The zero-order valence-corrected chi connectivity index (χ0v) is 18.1. The Bertz CT molecular complexity index is 1340. The summed E-state index contributed by atoms with van der Waals surface area (Å²) in [6.07, 6.45) is 3.11. The lowest BCUT2D eigenvalue weighted by atomic mass is 10.2. The summed E-state index contributed by atoms with van der Waals surface area (Å²) in [4.78, 5) is 31.1. The van der Waals surface area contributed by atoms with E-state index in [1.54, 1.807) is 60.8 Å². The molecule has 10 heteroatoms. The van der Waals surface area contributed by atoms with Gasteiger partial charge in [0, 0.05) is 24.1 Å². The third-order valence-electron chi connectivity index (χ3n) is 4.80. The second kappa shape index (κ2) is 9.84. The van der Waals surface area contributed by atoms with Crippen LogP contribution in [0.25, 0.3) is 11.4 Å². The van der Waals surface area contributed by atoms with Crippen molar-refractivity contribution < 1.29 is 18.7 Å². The monoisotopic (exact) mass is 460 g/mol. The molecule has 0 aliphatic heterocycles. The number of aromatic nitrogens is 2. The Balaban J connectivity index is 1.39. The number of anilines is 2. The summed E-state index contributed by atoms with van der Waals surface area (Å²) >= 11 is 0. The molecular weight excluding hydrogens is 439 g/mol. The van der Waals surface area contributed by atoms with Crippen LogP contribution in [0.3, 0.4) is 0 Å². The summed E-state index contributed by atoms with van der Waals surface area (Å²) < 4.78 is 19.7. The standard InChI is InChI=1S/C24H21FN6O3/c1-14-2-7-19(25)20(10-14)30-24(33)29-16-3-5-17(6-4-16)34-18-8-9-27-22(12-18)21-11-15(13-28-21)23(32)31-26/h2-13,28H,26H2,1H3,(H,31,32)(H2,29,30,33). The molecule has 2 aromatic carbocycles. The third-order valence-corrected chi connectivity index (χ3v) is 4.80. The molecule has 3 amide bonds. The quantitative estimate of drug-likeness (QED) is 0.163. The van der Waals surface area contributed by atoms with Gasteiger partial charge in [0.25, 0.3) is 5.91 Å². The summed E-state index contributed by atoms with van der Waals surface area (Å²) in [6, 6.07) is 15.6. The van der Waals surface area contributed by atoms with E-state index in [-0.39, 0.29) is 5.69 Å². The molecule has 0 atom stereocenters. The highest BCUT2D eigenvalue weighted by atomic mass is 19.1. The van der Waals surface area contributed by atoms with Gasteiger partial charge < -0.3 is 20.4 Å². The maximum Gasteiger partial charge on any atom is 0.323 e. The van der Waals surface area contributed by atoms with Gasteiger partial charge in [0.2, 0.25) is 0 Å². The van der Waals surface area contributed by atoms with Gasteiger partial charge in [-0.2, -0.15) is 0 Å². The van der Waals surface area contributed by atoms with Crippen LogP contribution in [-0.4, -0.2) is 21.9 Å². The van der Waals surface area contributed by atoms with E-state index in [0.717, 1.165) is 5.56 Å². The topological polar surface area (TPSA) is 134 Å². The van der Waals surface area contributed by atoms with Crippen LogP contribution in [0.4, 0.5) is 20.6 Å². The predicted molar refractivity (Wildman–Crippen MR) is 126 cm³/mol. The van der Waals surface area contributed by atoms with Crippen LogP contribution in [0.1, 0.15) is 15.9 Å². The Kier molecular flexibility index (Phi) is 6.51. The molecule has 4 aromatic rings. The number of pyridine rings is 1. The van der Waals surface area contributed by atoms with Crippen LogP contribution in [0.2, 0.25) is 0 Å². The Labute approximate surface area is 194 Å². The largest absolute Gasteiger partial charge is 0.457 e. The molecule has 0 fully saturated rings. The first-order chi connectivity index (χ1) is 16.4. The van der Waals surface area contributed by atoms with Crippen LogP contribution < -0.4 is 26.6 Å². The fourth-order valence-electron chi connectivity index (χ4n) is 3.14. The molecule has 0 aliphatic carbocycles. The number of rotatable bonds is 6. The average Bonchev–Trinajstić information content (AvgIpc) is 3.33. The number of hydrazine groups is 1. The van der Waals surface area contributed by atoms with E-state index in [4.69, 9.17) is 10.6 Å². The van der Waals surface area contributed by atoms with Gasteiger partial charge in [0.1, 0.15) is 17.3 Å². The fourth-order valence-corrected chi connectivity index (χ4v) is 3.14. The van der Waals surface area contributed by atoms with E-state index in [9.17, 15) is 14.0 Å². The molecule has 34 heavy (non-hydrogen) atoms. The second-order valence-corrected chi connectivity index (χ2v) is 7.34. The Hall–Kier alpha value is -4.70. The lowest BCUT2D eigenvalue weighted by molar-refractivity contribution is 0.0954. The molecule has 0 radical (unpaired) electrons. The summed E-state index contributed by atoms with van der Waals surface area (Å²) in [5.41, 5.74) is 5.08. The van der Waals surface area contributed by atoms with Crippen molar-refractivity contribution in [2.75, 3.05) is 10.6 Å². The van der Waals surface area contributed by atoms with E-state index in [0.29, 0.717) is 34.1 Å². The zero-order chi connectivity index (χ0) is 24.1. The summed E-state index contributed by atoms with van der Waals surface area (Å²) in [5, 5.41) is 5.14. The SMILES string of the molecule is Cc1ccc(F)c(NC(=O)Nc2ccc(Oc3ccnc(-c4cc(C(=O)NN)c[nH]4)c3)cc2)c1. The van der Waals surface area contributed by atoms with Gasteiger partial charge in [-0.3, -0.25) is 15.2 Å². The number of H-pyrrole nitrogens is 1. The van der Waals surface area contributed by atoms with Crippen molar-refractivity contribution in [3.63, 3.8) is 0 Å². The molecule has 2 aromatic heterocycles. The minimum absolute atomic E-state index is 0.101. The maximum atomic E-state index is 13.8. The maximum absolute atomic E-state index is 13.8. The number of aromatic amines is 1. The molecule has 0 unspecified atom stereocenters. The van der Waals surface area contributed by atoms with E-state index in [2.05, 4.69) is 26.0 Å². The minimum atomic E-state index is -0.564. The van der Waals surface area contributed by atoms with Crippen molar-refractivity contribution >= 4 is 23.3 Å². The van der Waals surface area contributed by atoms with Gasteiger partial charge in [-0.05, 0) is 61.0 Å². The smallest absolute Gasteiger partial charge is 0.323 e. The van der Waals surface area contributed by atoms with Crippen molar-refractivity contribution in [2.24, 2.45) is 5.84 Å². The highest BCUT2D eigenvalue weighted by Gasteiger charge is 2.11. The highest BCUT2D eigenvalue weighted by molar-refractivity contribution is 5.99. The van der Waals surface area contributed by atoms with E-state index in [1.165, 1.54) is 12.3 Å². The Morgan fingerprint density at radius 3 is 2.56 bits per heavy atom. The van der Waals surface area contributed by atoms with Gasteiger partial charge in [0.15, 0.2) is 0 Å². The summed E-state index contributed by atoms with van der Waals surface area (Å²) in [5.74, 6) is 5.28. The van der Waals surface area contributed by atoms with Crippen molar-refractivity contribution in [3.8, 4) is 22.9 Å². The zero-order valence-electron chi connectivity index (χ0n) is 18.1. The van der Waals surface area contributed by atoms with Gasteiger partial charge in [0.05, 0.1) is 22.6 Å². The molecule has 0 saturated carbocycles. The lowest BCUT2D eigenvalue weighted by Gasteiger charge is -2.10.